The molecule has 112 valence electrons. The van der Waals surface area contributed by atoms with Crippen molar-refractivity contribution in [3.05, 3.63) is 59.1 Å². The van der Waals surface area contributed by atoms with Crippen molar-refractivity contribution in [3.8, 4) is 0 Å². The number of halogens is 1. The van der Waals surface area contributed by atoms with Gasteiger partial charge < -0.3 is 5.32 Å². The fourth-order valence-corrected chi connectivity index (χ4v) is 3.32. The van der Waals surface area contributed by atoms with Gasteiger partial charge in [0.1, 0.15) is 4.90 Å². The van der Waals surface area contributed by atoms with Crippen LogP contribution in [-0.4, -0.2) is 15.0 Å². The highest BCUT2D eigenvalue weighted by Gasteiger charge is 2.17. The number of hydrogen-bond donors (Lipinski definition) is 2. The number of rotatable bonds is 6. The van der Waals surface area contributed by atoms with Crippen LogP contribution in [0.3, 0.4) is 0 Å². The highest BCUT2D eigenvalue weighted by molar-refractivity contribution is 7.89. The van der Waals surface area contributed by atoms with Crippen molar-refractivity contribution in [2.45, 2.75) is 18.4 Å². The lowest BCUT2D eigenvalue weighted by molar-refractivity contribution is 0.581. The van der Waals surface area contributed by atoms with Crippen LogP contribution in [0.1, 0.15) is 12.5 Å². The molecule has 0 amide bonds. The van der Waals surface area contributed by atoms with E-state index in [9.17, 15) is 8.42 Å². The first-order valence-electron chi connectivity index (χ1n) is 6.60. The first-order chi connectivity index (χ1) is 10.0. The average molecular weight is 325 g/mol. The zero-order valence-electron chi connectivity index (χ0n) is 11.6. The standard InChI is InChI=1S/C15H17ClN2O2S/c1-2-17-14-9-5-6-10-15(14)21(19,20)18-11-12-7-3-4-8-13(12)16/h3-10,17-18H,2,11H2,1H3. The molecule has 0 unspecified atom stereocenters. The van der Waals surface area contributed by atoms with Gasteiger partial charge in [0.25, 0.3) is 0 Å². The van der Waals surface area contributed by atoms with Gasteiger partial charge in [0.2, 0.25) is 10.0 Å². The summed E-state index contributed by atoms with van der Waals surface area (Å²) < 4.78 is 27.4. The summed E-state index contributed by atoms with van der Waals surface area (Å²) in [5.74, 6) is 0. The van der Waals surface area contributed by atoms with E-state index in [-0.39, 0.29) is 11.4 Å². The number of hydrogen-bond acceptors (Lipinski definition) is 3. The lowest BCUT2D eigenvalue weighted by Crippen LogP contribution is -2.24. The molecule has 0 bridgehead atoms. The Bertz CT molecular complexity index is 717. The maximum absolute atomic E-state index is 12.4. The lowest BCUT2D eigenvalue weighted by atomic mass is 10.2. The van der Waals surface area contributed by atoms with Crippen LogP contribution >= 0.6 is 11.6 Å². The van der Waals surface area contributed by atoms with Gasteiger partial charge >= 0.3 is 0 Å². The fourth-order valence-electron chi connectivity index (χ4n) is 1.93. The van der Waals surface area contributed by atoms with Gasteiger partial charge in [-0.05, 0) is 30.7 Å². The molecule has 21 heavy (non-hydrogen) atoms. The number of para-hydroxylation sites is 1. The van der Waals surface area contributed by atoms with E-state index in [4.69, 9.17) is 11.6 Å². The molecule has 0 aliphatic rings. The molecule has 0 atom stereocenters. The van der Waals surface area contributed by atoms with Crippen LogP contribution in [0.25, 0.3) is 0 Å². The van der Waals surface area contributed by atoms with E-state index in [2.05, 4.69) is 10.0 Å². The Balaban J connectivity index is 2.21. The maximum Gasteiger partial charge on any atom is 0.242 e. The monoisotopic (exact) mass is 324 g/mol. The molecule has 0 spiro atoms. The van der Waals surface area contributed by atoms with Crippen molar-refractivity contribution < 1.29 is 8.42 Å². The van der Waals surface area contributed by atoms with Crippen molar-refractivity contribution in [3.63, 3.8) is 0 Å². The largest absolute Gasteiger partial charge is 0.384 e. The van der Waals surface area contributed by atoms with E-state index in [1.165, 1.54) is 0 Å². The van der Waals surface area contributed by atoms with E-state index in [0.29, 0.717) is 17.3 Å². The molecule has 2 aromatic rings. The Morgan fingerprint density at radius 1 is 1.05 bits per heavy atom. The summed E-state index contributed by atoms with van der Waals surface area (Å²) in [6.07, 6.45) is 0. The second-order valence-corrected chi connectivity index (χ2v) is 6.59. The summed E-state index contributed by atoms with van der Waals surface area (Å²) in [4.78, 5) is 0.235. The Morgan fingerprint density at radius 3 is 2.43 bits per heavy atom. The summed E-state index contributed by atoms with van der Waals surface area (Å²) in [5.41, 5.74) is 1.33. The topological polar surface area (TPSA) is 58.2 Å². The summed E-state index contributed by atoms with van der Waals surface area (Å²) in [7, 11) is -3.60. The zero-order chi connectivity index (χ0) is 15.3. The summed E-state index contributed by atoms with van der Waals surface area (Å²) in [6, 6.07) is 14.0. The average Bonchev–Trinajstić information content (AvgIpc) is 2.47. The third-order valence-corrected chi connectivity index (χ3v) is 4.78. The predicted octanol–water partition coefficient (Wildman–Crippen LogP) is 3.25. The minimum Gasteiger partial charge on any atom is -0.384 e. The van der Waals surface area contributed by atoms with Crippen LogP contribution in [0.2, 0.25) is 5.02 Å². The number of nitrogens with one attached hydrogen (secondary N) is 2. The molecule has 0 heterocycles. The molecule has 0 radical (unpaired) electrons. The molecule has 4 nitrogen and oxygen atoms in total. The van der Waals surface area contributed by atoms with Gasteiger partial charge in [-0.15, -0.1) is 0 Å². The highest BCUT2D eigenvalue weighted by atomic mass is 35.5. The van der Waals surface area contributed by atoms with Gasteiger partial charge in [-0.2, -0.15) is 0 Å². The molecule has 2 rings (SSSR count). The van der Waals surface area contributed by atoms with Crippen LogP contribution in [0, 0.1) is 0 Å². The van der Waals surface area contributed by atoms with Crippen molar-refractivity contribution in [1.29, 1.82) is 0 Å². The third kappa shape index (κ3) is 3.97. The smallest absolute Gasteiger partial charge is 0.242 e. The Labute approximate surface area is 130 Å². The SMILES string of the molecule is CCNc1ccccc1S(=O)(=O)NCc1ccccc1Cl. The lowest BCUT2D eigenvalue weighted by Gasteiger charge is -2.12. The van der Waals surface area contributed by atoms with Crippen LogP contribution in [0.15, 0.2) is 53.4 Å². The van der Waals surface area contributed by atoms with Gasteiger partial charge in [-0.25, -0.2) is 13.1 Å². The summed E-state index contributed by atoms with van der Waals surface area (Å²) >= 11 is 6.03. The Kier molecular flexibility index (Phi) is 5.22. The first-order valence-corrected chi connectivity index (χ1v) is 8.46. The van der Waals surface area contributed by atoms with Crippen molar-refractivity contribution in [1.82, 2.24) is 4.72 Å². The van der Waals surface area contributed by atoms with E-state index >= 15 is 0 Å². The minimum atomic E-state index is -3.60. The normalized spacial score (nSPS) is 11.3. The van der Waals surface area contributed by atoms with Gasteiger partial charge in [0.15, 0.2) is 0 Å². The summed E-state index contributed by atoms with van der Waals surface area (Å²) in [6.45, 7) is 2.72. The van der Waals surface area contributed by atoms with Gasteiger partial charge in [-0.1, -0.05) is 41.9 Å². The Morgan fingerprint density at radius 2 is 1.71 bits per heavy atom. The molecular weight excluding hydrogens is 308 g/mol. The molecule has 0 aromatic heterocycles. The molecular formula is C15H17ClN2O2S. The number of anilines is 1. The van der Waals surface area contributed by atoms with E-state index in [0.717, 1.165) is 5.56 Å². The van der Waals surface area contributed by atoms with Gasteiger partial charge in [-0.3, -0.25) is 0 Å². The van der Waals surface area contributed by atoms with Crippen molar-refractivity contribution in [2.75, 3.05) is 11.9 Å². The Hall–Kier alpha value is -1.56. The molecule has 0 aliphatic carbocycles. The van der Waals surface area contributed by atoms with E-state index in [1.807, 2.05) is 13.0 Å². The van der Waals surface area contributed by atoms with Gasteiger partial charge in [0, 0.05) is 18.1 Å². The zero-order valence-corrected chi connectivity index (χ0v) is 13.2. The van der Waals surface area contributed by atoms with Crippen molar-refractivity contribution in [2.24, 2.45) is 0 Å². The second-order valence-electron chi connectivity index (χ2n) is 4.44. The second kappa shape index (κ2) is 6.93. The number of sulfonamides is 1. The molecule has 6 heteroatoms. The van der Waals surface area contributed by atoms with E-state index < -0.39 is 10.0 Å². The van der Waals surface area contributed by atoms with Gasteiger partial charge in [0.05, 0.1) is 5.69 Å². The number of benzene rings is 2. The molecule has 0 aliphatic heterocycles. The third-order valence-electron chi connectivity index (χ3n) is 2.95. The molecule has 0 saturated carbocycles. The van der Waals surface area contributed by atoms with Crippen LogP contribution < -0.4 is 10.0 Å². The van der Waals surface area contributed by atoms with Crippen molar-refractivity contribution >= 4 is 27.3 Å². The quantitative estimate of drug-likeness (QED) is 0.857. The predicted molar refractivity (Wildman–Crippen MR) is 86.1 cm³/mol. The minimum absolute atomic E-state index is 0.155. The van der Waals surface area contributed by atoms with Crippen LogP contribution in [0.4, 0.5) is 5.69 Å². The molecule has 2 aromatic carbocycles. The van der Waals surface area contributed by atoms with Crippen LogP contribution in [-0.2, 0) is 16.6 Å². The van der Waals surface area contributed by atoms with E-state index in [1.54, 1.807) is 42.5 Å². The highest BCUT2D eigenvalue weighted by Crippen LogP contribution is 2.21. The maximum atomic E-state index is 12.4. The summed E-state index contributed by atoms with van der Waals surface area (Å²) in [5, 5.41) is 3.59. The molecule has 0 fully saturated rings. The van der Waals surface area contributed by atoms with Crippen LogP contribution in [0.5, 0.6) is 0 Å². The molecule has 2 N–H and O–H groups in total. The molecule has 0 saturated heterocycles. The fraction of sp³-hybridized carbons (Fsp3) is 0.200. The first kappa shape index (κ1) is 15.8.